The Kier molecular flexibility index (Phi) is 2.40. The first-order valence-electron chi connectivity index (χ1n) is 4.59. The normalized spacial score (nSPS) is 23.7. The summed E-state index contributed by atoms with van der Waals surface area (Å²) in [5.41, 5.74) is 5.47. The van der Waals surface area contributed by atoms with Crippen LogP contribution < -0.4 is 11.1 Å². The van der Waals surface area contributed by atoms with Gasteiger partial charge >= 0.3 is 0 Å². The molecule has 0 radical (unpaired) electrons. The number of carbonyl (C=O) groups excluding carboxylic acids is 1. The Morgan fingerprint density at radius 3 is 2.33 bits per heavy atom. The Hall–Kier alpha value is -1.49. The number of nitrogens with two attached hydrogens (primary N) is 1. The van der Waals surface area contributed by atoms with E-state index >= 15 is 0 Å². The molecule has 2 atom stereocenters. The van der Waals surface area contributed by atoms with Crippen LogP contribution in [-0.4, -0.2) is 18.0 Å². The van der Waals surface area contributed by atoms with Crippen LogP contribution in [0.15, 0.2) is 18.2 Å². The van der Waals surface area contributed by atoms with Crippen LogP contribution >= 0.6 is 0 Å². The fourth-order valence-electron chi connectivity index (χ4n) is 1.32. The van der Waals surface area contributed by atoms with Crippen LogP contribution in [0.1, 0.15) is 16.8 Å². The van der Waals surface area contributed by atoms with Gasteiger partial charge in [-0.25, -0.2) is 8.78 Å². The maximum absolute atomic E-state index is 12.8. The van der Waals surface area contributed by atoms with Gasteiger partial charge < -0.3 is 11.1 Å². The number of rotatable bonds is 2. The summed E-state index contributed by atoms with van der Waals surface area (Å²) < 4.78 is 25.5. The van der Waals surface area contributed by atoms with Crippen molar-refractivity contribution in [3.63, 3.8) is 0 Å². The molecular formula is C10H10F2N2O. The first-order valence-corrected chi connectivity index (χ1v) is 4.59. The molecule has 1 fully saturated rings. The number of hydrogen-bond acceptors (Lipinski definition) is 2. The quantitative estimate of drug-likeness (QED) is 0.761. The van der Waals surface area contributed by atoms with Gasteiger partial charge in [-0.1, -0.05) is 0 Å². The molecule has 0 spiro atoms. The molecule has 0 aliphatic heterocycles. The van der Waals surface area contributed by atoms with E-state index in [9.17, 15) is 13.6 Å². The third-order valence-corrected chi connectivity index (χ3v) is 2.28. The van der Waals surface area contributed by atoms with Crippen LogP contribution in [0, 0.1) is 11.6 Å². The lowest BCUT2D eigenvalue weighted by Crippen LogP contribution is -2.29. The second-order valence-electron chi connectivity index (χ2n) is 3.64. The van der Waals surface area contributed by atoms with Crippen molar-refractivity contribution in [2.75, 3.05) is 0 Å². The third-order valence-electron chi connectivity index (χ3n) is 2.28. The predicted molar refractivity (Wildman–Crippen MR) is 50.2 cm³/mol. The van der Waals surface area contributed by atoms with Crippen molar-refractivity contribution >= 4 is 5.91 Å². The molecule has 0 aromatic heterocycles. The van der Waals surface area contributed by atoms with E-state index in [1.807, 2.05) is 0 Å². The molecule has 5 heteroatoms. The summed E-state index contributed by atoms with van der Waals surface area (Å²) in [5, 5.41) is 2.58. The summed E-state index contributed by atoms with van der Waals surface area (Å²) in [5.74, 6) is -2.02. The molecule has 3 nitrogen and oxygen atoms in total. The number of hydrogen-bond donors (Lipinski definition) is 2. The average Bonchev–Trinajstić information content (AvgIpc) is 2.79. The Bertz CT molecular complexity index is 388. The third kappa shape index (κ3) is 2.30. The maximum Gasteiger partial charge on any atom is 0.251 e. The second-order valence-corrected chi connectivity index (χ2v) is 3.64. The minimum absolute atomic E-state index is 0.0217. The predicted octanol–water partition coefficient (Wildman–Crippen LogP) is 0.794. The molecular weight excluding hydrogens is 202 g/mol. The first kappa shape index (κ1) is 10.0. The van der Waals surface area contributed by atoms with Crippen molar-refractivity contribution in [1.29, 1.82) is 0 Å². The summed E-state index contributed by atoms with van der Waals surface area (Å²) in [4.78, 5) is 11.4. The second kappa shape index (κ2) is 3.58. The van der Waals surface area contributed by atoms with Gasteiger partial charge in [-0.15, -0.1) is 0 Å². The van der Waals surface area contributed by atoms with Crippen molar-refractivity contribution in [2.24, 2.45) is 5.73 Å². The van der Waals surface area contributed by atoms with Gasteiger partial charge in [0, 0.05) is 23.7 Å². The molecule has 3 N–H and O–H groups in total. The minimum Gasteiger partial charge on any atom is -0.348 e. The number of nitrogens with one attached hydrogen (secondary N) is 1. The summed E-state index contributed by atoms with van der Waals surface area (Å²) >= 11 is 0. The Balaban J connectivity index is 2.11. The lowest BCUT2D eigenvalue weighted by atomic mass is 10.2. The highest BCUT2D eigenvalue weighted by molar-refractivity contribution is 5.94. The molecule has 0 saturated heterocycles. The van der Waals surface area contributed by atoms with Gasteiger partial charge in [-0.05, 0) is 18.6 Å². The first-order chi connectivity index (χ1) is 7.06. The van der Waals surface area contributed by atoms with Gasteiger partial charge in [0.2, 0.25) is 0 Å². The fourth-order valence-corrected chi connectivity index (χ4v) is 1.32. The molecule has 1 saturated carbocycles. The van der Waals surface area contributed by atoms with Gasteiger partial charge in [0.05, 0.1) is 0 Å². The van der Waals surface area contributed by atoms with Crippen molar-refractivity contribution in [2.45, 2.75) is 18.5 Å². The Morgan fingerprint density at radius 2 is 1.87 bits per heavy atom. The molecule has 15 heavy (non-hydrogen) atoms. The lowest BCUT2D eigenvalue weighted by molar-refractivity contribution is 0.0949. The standard InChI is InChI=1S/C10H10F2N2O/c11-6-1-5(2-7(12)3-6)10(15)14-9-4-8(9)13/h1-3,8-9H,4,13H2,(H,14,15). The van der Waals surface area contributed by atoms with Crippen LogP contribution in [-0.2, 0) is 0 Å². The molecule has 0 heterocycles. The van der Waals surface area contributed by atoms with Crippen molar-refractivity contribution in [3.8, 4) is 0 Å². The van der Waals surface area contributed by atoms with E-state index < -0.39 is 17.5 Å². The summed E-state index contributed by atoms with van der Waals surface area (Å²) in [6, 6.07) is 2.61. The van der Waals surface area contributed by atoms with Crippen LogP contribution in [0.3, 0.4) is 0 Å². The lowest BCUT2D eigenvalue weighted by Gasteiger charge is -2.03. The van der Waals surface area contributed by atoms with Crippen LogP contribution in [0.4, 0.5) is 8.78 Å². The summed E-state index contributed by atoms with van der Waals surface area (Å²) in [6.07, 6.45) is 0.712. The van der Waals surface area contributed by atoms with E-state index in [1.54, 1.807) is 0 Å². The largest absolute Gasteiger partial charge is 0.348 e. The zero-order valence-corrected chi connectivity index (χ0v) is 7.84. The van der Waals surface area contributed by atoms with Crippen molar-refractivity contribution in [1.82, 2.24) is 5.32 Å². The van der Waals surface area contributed by atoms with E-state index in [2.05, 4.69) is 5.32 Å². The summed E-state index contributed by atoms with van der Waals surface area (Å²) in [7, 11) is 0. The number of carbonyl (C=O) groups is 1. The smallest absolute Gasteiger partial charge is 0.251 e. The maximum atomic E-state index is 12.8. The highest BCUT2D eigenvalue weighted by Gasteiger charge is 2.34. The zero-order chi connectivity index (χ0) is 11.0. The van der Waals surface area contributed by atoms with Gasteiger partial charge in [0.15, 0.2) is 0 Å². The van der Waals surface area contributed by atoms with E-state index in [0.717, 1.165) is 18.2 Å². The molecule has 1 aliphatic rings. The molecule has 1 aromatic rings. The zero-order valence-electron chi connectivity index (χ0n) is 7.84. The van der Waals surface area contributed by atoms with Gasteiger partial charge in [-0.3, -0.25) is 4.79 Å². The molecule has 1 amide bonds. The number of halogens is 2. The van der Waals surface area contributed by atoms with Gasteiger partial charge in [0.1, 0.15) is 11.6 Å². The number of amides is 1. The highest BCUT2D eigenvalue weighted by Crippen LogP contribution is 2.18. The molecule has 1 aliphatic carbocycles. The van der Waals surface area contributed by atoms with Crippen LogP contribution in [0.25, 0.3) is 0 Å². The van der Waals surface area contributed by atoms with Crippen molar-refractivity contribution in [3.05, 3.63) is 35.4 Å². The topological polar surface area (TPSA) is 55.1 Å². The molecule has 2 unspecified atom stereocenters. The SMILES string of the molecule is NC1CC1NC(=O)c1cc(F)cc(F)c1. The van der Waals surface area contributed by atoms with E-state index in [-0.39, 0.29) is 17.6 Å². The monoisotopic (exact) mass is 212 g/mol. The van der Waals surface area contributed by atoms with Crippen LogP contribution in [0.5, 0.6) is 0 Å². The van der Waals surface area contributed by atoms with E-state index in [0.29, 0.717) is 6.42 Å². The van der Waals surface area contributed by atoms with E-state index in [4.69, 9.17) is 5.73 Å². The minimum atomic E-state index is -0.764. The number of benzene rings is 1. The van der Waals surface area contributed by atoms with Gasteiger partial charge in [-0.2, -0.15) is 0 Å². The Labute approximate surface area is 85.3 Å². The highest BCUT2D eigenvalue weighted by atomic mass is 19.1. The molecule has 0 bridgehead atoms. The van der Waals surface area contributed by atoms with E-state index in [1.165, 1.54) is 0 Å². The fraction of sp³-hybridized carbons (Fsp3) is 0.300. The van der Waals surface area contributed by atoms with Crippen LogP contribution in [0.2, 0.25) is 0 Å². The molecule has 80 valence electrons. The summed E-state index contributed by atoms with van der Waals surface area (Å²) in [6.45, 7) is 0. The van der Waals surface area contributed by atoms with Crippen molar-refractivity contribution < 1.29 is 13.6 Å². The van der Waals surface area contributed by atoms with Gasteiger partial charge in [0.25, 0.3) is 5.91 Å². The molecule has 1 aromatic carbocycles. The average molecular weight is 212 g/mol. The molecule has 2 rings (SSSR count). The Morgan fingerprint density at radius 1 is 1.33 bits per heavy atom.